The number of aryl methyl sites for hydroxylation is 2. The summed E-state index contributed by atoms with van der Waals surface area (Å²) in [5.74, 6) is 0.0923. The number of esters is 1. The van der Waals surface area contributed by atoms with Crippen LogP contribution < -0.4 is 14.8 Å². The predicted molar refractivity (Wildman–Crippen MR) is 127 cm³/mol. The topological polar surface area (TPSA) is 73.9 Å². The van der Waals surface area contributed by atoms with Crippen molar-refractivity contribution >= 4 is 28.2 Å². The monoisotopic (exact) mass is 471 g/mol. The van der Waals surface area contributed by atoms with Gasteiger partial charge in [-0.05, 0) is 55.7 Å². The minimum atomic E-state index is -0.565. The number of nitrogens with one attached hydrogen (secondary N) is 1. The number of ether oxygens (including phenoxy) is 3. The number of carbonyl (C=O) groups excluding carboxylic acids is 2. The summed E-state index contributed by atoms with van der Waals surface area (Å²) in [6.07, 6.45) is 0.692. The summed E-state index contributed by atoms with van der Waals surface area (Å²) in [4.78, 5) is 26.1. The van der Waals surface area contributed by atoms with Crippen LogP contribution in [0.1, 0.15) is 34.1 Å². The van der Waals surface area contributed by atoms with Crippen molar-refractivity contribution in [3.05, 3.63) is 64.3 Å². The molecule has 0 radical (unpaired) electrons. The zero-order chi connectivity index (χ0) is 24.0. The van der Waals surface area contributed by atoms with E-state index in [1.807, 2.05) is 32.0 Å². The van der Waals surface area contributed by atoms with Gasteiger partial charge < -0.3 is 19.5 Å². The summed E-state index contributed by atoms with van der Waals surface area (Å²) in [5, 5.41) is 3.26. The zero-order valence-electron chi connectivity index (χ0n) is 19.0. The van der Waals surface area contributed by atoms with Crippen molar-refractivity contribution in [2.24, 2.45) is 0 Å². The van der Waals surface area contributed by atoms with Crippen LogP contribution in [0, 0.1) is 12.7 Å². The third-order valence-electron chi connectivity index (χ3n) is 5.03. The first-order chi connectivity index (χ1) is 15.9. The highest BCUT2D eigenvalue weighted by Crippen LogP contribution is 2.40. The number of methoxy groups -OCH3 is 2. The number of rotatable bonds is 9. The molecule has 2 aromatic carbocycles. The number of halogens is 1. The van der Waals surface area contributed by atoms with Gasteiger partial charge in [0.15, 0.2) is 11.5 Å². The second-order valence-corrected chi connectivity index (χ2v) is 8.43. The van der Waals surface area contributed by atoms with Crippen LogP contribution in [0.5, 0.6) is 11.5 Å². The molecule has 0 saturated carbocycles. The first-order valence-corrected chi connectivity index (χ1v) is 11.3. The zero-order valence-corrected chi connectivity index (χ0v) is 19.8. The number of hydrogen-bond donors (Lipinski definition) is 1. The maximum atomic E-state index is 13.4. The highest BCUT2D eigenvalue weighted by atomic mass is 32.1. The number of hydrogen-bond acceptors (Lipinski definition) is 6. The van der Waals surface area contributed by atoms with Crippen LogP contribution in [0.25, 0.3) is 11.1 Å². The number of carbonyl (C=O) groups is 2. The molecule has 1 N–H and O–H groups in total. The lowest BCUT2D eigenvalue weighted by Crippen LogP contribution is -2.14. The maximum Gasteiger partial charge on any atom is 0.341 e. The van der Waals surface area contributed by atoms with E-state index in [-0.39, 0.29) is 23.7 Å². The molecule has 3 rings (SSSR count). The van der Waals surface area contributed by atoms with E-state index in [4.69, 9.17) is 14.2 Å². The molecule has 6 nitrogen and oxygen atoms in total. The van der Waals surface area contributed by atoms with E-state index in [1.54, 1.807) is 19.2 Å². The fraction of sp³-hybridized carbons (Fsp3) is 0.280. The predicted octanol–water partition coefficient (Wildman–Crippen LogP) is 5.63. The second-order valence-electron chi connectivity index (χ2n) is 7.20. The highest BCUT2D eigenvalue weighted by Gasteiger charge is 2.25. The fourth-order valence-corrected chi connectivity index (χ4v) is 4.56. The van der Waals surface area contributed by atoms with Crippen molar-refractivity contribution in [1.29, 1.82) is 0 Å². The Hall–Kier alpha value is -3.39. The summed E-state index contributed by atoms with van der Waals surface area (Å²) >= 11 is 1.28. The van der Waals surface area contributed by atoms with E-state index in [0.29, 0.717) is 40.7 Å². The molecule has 3 aromatic rings. The van der Waals surface area contributed by atoms with Gasteiger partial charge in [-0.25, -0.2) is 9.18 Å². The molecule has 8 heteroatoms. The molecule has 0 fully saturated rings. The molecule has 0 atom stereocenters. The lowest BCUT2D eigenvalue weighted by Gasteiger charge is -2.11. The van der Waals surface area contributed by atoms with E-state index < -0.39 is 5.97 Å². The van der Waals surface area contributed by atoms with Crippen LogP contribution in [-0.2, 0) is 16.0 Å². The summed E-state index contributed by atoms with van der Waals surface area (Å²) in [6, 6.07) is 11.4. The Morgan fingerprint density at radius 2 is 1.79 bits per heavy atom. The first-order valence-electron chi connectivity index (χ1n) is 10.4. The molecule has 174 valence electrons. The molecular formula is C25H26FNO5S. The van der Waals surface area contributed by atoms with Crippen molar-refractivity contribution < 1.29 is 28.2 Å². The van der Waals surface area contributed by atoms with Gasteiger partial charge in [0.25, 0.3) is 0 Å². The van der Waals surface area contributed by atoms with Crippen LogP contribution in [0.15, 0.2) is 42.5 Å². The molecule has 0 aliphatic heterocycles. The SMILES string of the molecule is CCOc1ccc(CCC(=O)Nc2sc(C)c(-c3ccc(F)cc3)c2C(=O)OC)cc1OC. The Morgan fingerprint density at radius 1 is 1.06 bits per heavy atom. The quantitative estimate of drug-likeness (QED) is 0.410. The van der Waals surface area contributed by atoms with Gasteiger partial charge in [0.05, 0.1) is 20.8 Å². The van der Waals surface area contributed by atoms with Crippen LogP contribution in [0.2, 0.25) is 0 Å². The Bertz CT molecular complexity index is 1140. The van der Waals surface area contributed by atoms with Crippen molar-refractivity contribution in [3.63, 3.8) is 0 Å². The molecule has 0 aliphatic carbocycles. The van der Waals surface area contributed by atoms with Gasteiger partial charge in [-0.1, -0.05) is 18.2 Å². The summed E-state index contributed by atoms with van der Waals surface area (Å²) in [7, 11) is 2.86. The summed E-state index contributed by atoms with van der Waals surface area (Å²) in [5.41, 5.74) is 2.49. The smallest absolute Gasteiger partial charge is 0.341 e. The minimum Gasteiger partial charge on any atom is -0.493 e. The Kier molecular flexibility index (Phi) is 8.06. The lowest BCUT2D eigenvalue weighted by molar-refractivity contribution is -0.116. The van der Waals surface area contributed by atoms with E-state index in [2.05, 4.69) is 5.32 Å². The molecule has 33 heavy (non-hydrogen) atoms. The van der Waals surface area contributed by atoms with Gasteiger partial charge in [-0.3, -0.25) is 4.79 Å². The molecule has 0 saturated heterocycles. The third kappa shape index (κ3) is 5.70. The second kappa shape index (κ2) is 11.0. The minimum absolute atomic E-state index is 0.209. The number of benzene rings is 2. The molecule has 0 aliphatic rings. The van der Waals surface area contributed by atoms with Crippen molar-refractivity contribution in [2.75, 3.05) is 26.1 Å². The Balaban J connectivity index is 1.79. The average Bonchev–Trinajstić information content (AvgIpc) is 3.13. The van der Waals surface area contributed by atoms with Gasteiger partial charge >= 0.3 is 5.97 Å². The molecule has 0 spiro atoms. The molecule has 1 heterocycles. The maximum absolute atomic E-state index is 13.4. The molecule has 1 aromatic heterocycles. The first kappa shape index (κ1) is 24.3. The van der Waals surface area contributed by atoms with E-state index >= 15 is 0 Å². The van der Waals surface area contributed by atoms with Gasteiger partial charge in [-0.2, -0.15) is 0 Å². The lowest BCUT2D eigenvalue weighted by atomic mass is 10.0. The molecular weight excluding hydrogens is 445 g/mol. The van der Waals surface area contributed by atoms with Crippen LogP contribution >= 0.6 is 11.3 Å². The normalized spacial score (nSPS) is 10.6. The van der Waals surface area contributed by atoms with Gasteiger partial charge in [-0.15, -0.1) is 11.3 Å². The fourth-order valence-electron chi connectivity index (χ4n) is 3.48. The van der Waals surface area contributed by atoms with Crippen molar-refractivity contribution in [3.8, 4) is 22.6 Å². The largest absolute Gasteiger partial charge is 0.493 e. The van der Waals surface area contributed by atoms with E-state index in [0.717, 1.165) is 10.4 Å². The molecule has 1 amide bonds. The molecule has 0 bridgehead atoms. The van der Waals surface area contributed by atoms with Gasteiger partial charge in [0.2, 0.25) is 5.91 Å². The van der Waals surface area contributed by atoms with Crippen LogP contribution in [-0.4, -0.2) is 32.7 Å². The van der Waals surface area contributed by atoms with Crippen molar-refractivity contribution in [1.82, 2.24) is 0 Å². The molecule has 0 unspecified atom stereocenters. The summed E-state index contributed by atoms with van der Waals surface area (Å²) < 4.78 is 29.2. The Morgan fingerprint density at radius 3 is 2.42 bits per heavy atom. The van der Waals surface area contributed by atoms with E-state index in [9.17, 15) is 14.0 Å². The summed E-state index contributed by atoms with van der Waals surface area (Å²) in [6.45, 7) is 4.27. The van der Waals surface area contributed by atoms with Gasteiger partial charge in [0.1, 0.15) is 16.4 Å². The number of thiophene rings is 1. The Labute approximate surface area is 196 Å². The number of amides is 1. The van der Waals surface area contributed by atoms with Crippen molar-refractivity contribution in [2.45, 2.75) is 26.7 Å². The van der Waals surface area contributed by atoms with Crippen LogP contribution in [0.4, 0.5) is 9.39 Å². The third-order valence-corrected chi connectivity index (χ3v) is 6.05. The highest BCUT2D eigenvalue weighted by molar-refractivity contribution is 7.17. The standard InChI is InChI=1S/C25H26FNO5S/c1-5-32-19-12-6-16(14-20(19)30-3)7-13-21(28)27-24-23(25(29)31-4)22(15(2)33-24)17-8-10-18(26)11-9-17/h6,8-12,14H,5,7,13H2,1-4H3,(H,27,28). The van der Waals surface area contributed by atoms with E-state index in [1.165, 1.54) is 30.6 Å². The average molecular weight is 472 g/mol. The number of anilines is 1. The van der Waals surface area contributed by atoms with Crippen LogP contribution in [0.3, 0.4) is 0 Å². The van der Waals surface area contributed by atoms with Gasteiger partial charge in [0, 0.05) is 16.9 Å².